The van der Waals surface area contributed by atoms with Gasteiger partial charge in [-0.05, 0) is 26.0 Å². The second-order valence-corrected chi connectivity index (χ2v) is 6.24. The minimum atomic E-state index is 0.384. The van der Waals surface area contributed by atoms with Crippen LogP contribution < -0.4 is 9.64 Å². The number of ether oxygens (including phenoxy) is 1. The van der Waals surface area contributed by atoms with Gasteiger partial charge in [0.25, 0.3) is 0 Å². The first kappa shape index (κ1) is 13.5. The lowest BCUT2D eigenvalue weighted by Gasteiger charge is -2.27. The van der Waals surface area contributed by atoms with Crippen molar-refractivity contribution in [3.63, 3.8) is 0 Å². The molecule has 0 saturated heterocycles. The molecule has 0 radical (unpaired) electrons. The van der Waals surface area contributed by atoms with Crippen molar-refractivity contribution in [1.82, 2.24) is 19.5 Å². The van der Waals surface area contributed by atoms with E-state index in [1.807, 2.05) is 6.20 Å². The fraction of sp³-hybridized carbons (Fsp3) is 0.294. The summed E-state index contributed by atoms with van der Waals surface area (Å²) in [5.41, 5.74) is 2.91. The molecule has 0 unspecified atom stereocenters. The summed E-state index contributed by atoms with van der Waals surface area (Å²) in [5.74, 6) is 2.18. The minimum Gasteiger partial charge on any atom is -0.475 e. The zero-order valence-electron chi connectivity index (χ0n) is 13.5. The number of hydrogen-bond acceptors (Lipinski definition) is 6. The number of rotatable bonds is 2. The van der Waals surface area contributed by atoms with Gasteiger partial charge in [-0.3, -0.25) is 0 Å². The van der Waals surface area contributed by atoms with Gasteiger partial charge < -0.3 is 14.2 Å². The molecule has 0 saturated carbocycles. The highest BCUT2D eigenvalue weighted by atomic mass is 16.5. The highest BCUT2D eigenvalue weighted by Gasteiger charge is 2.34. The molecule has 0 aromatic carbocycles. The van der Waals surface area contributed by atoms with Crippen molar-refractivity contribution in [3.8, 4) is 5.88 Å². The van der Waals surface area contributed by atoms with Gasteiger partial charge in [-0.15, -0.1) is 0 Å². The molecule has 7 nitrogen and oxygen atoms in total. The average Bonchev–Trinajstić information content (AvgIpc) is 2.89. The molecule has 0 amide bonds. The van der Waals surface area contributed by atoms with Crippen LogP contribution in [0.1, 0.15) is 25.5 Å². The predicted molar refractivity (Wildman–Crippen MR) is 91.2 cm³/mol. The fourth-order valence-electron chi connectivity index (χ4n) is 3.24. The molecule has 0 spiro atoms. The van der Waals surface area contributed by atoms with E-state index in [1.54, 1.807) is 0 Å². The van der Waals surface area contributed by atoms with Crippen LogP contribution in [0.4, 0.5) is 11.5 Å². The smallest absolute Gasteiger partial charge is 0.230 e. The Morgan fingerprint density at radius 2 is 2.12 bits per heavy atom. The molecule has 7 heteroatoms. The second kappa shape index (κ2) is 4.77. The number of anilines is 1. The molecule has 0 atom stereocenters. The molecule has 0 fully saturated rings. The van der Waals surface area contributed by atoms with Crippen LogP contribution in [0.5, 0.6) is 5.88 Å². The normalized spacial score (nSPS) is 15.6. The molecule has 0 bridgehead atoms. The standard InChI is InChI=1S/C17H16N6O/c1-10(2)22-4-3-11-7-12(8-18-15(11)22)23-5-6-24-17-13-14(19-9-20-17)21-16(13)23/h3-4,7-10H,5-6H2,1-2H3. The van der Waals surface area contributed by atoms with Crippen LogP contribution in [-0.2, 0) is 0 Å². The molecule has 2 aliphatic heterocycles. The van der Waals surface area contributed by atoms with E-state index in [4.69, 9.17) is 4.74 Å². The summed E-state index contributed by atoms with van der Waals surface area (Å²) >= 11 is 0. The van der Waals surface area contributed by atoms with E-state index >= 15 is 0 Å². The van der Waals surface area contributed by atoms with E-state index in [-0.39, 0.29) is 0 Å². The summed E-state index contributed by atoms with van der Waals surface area (Å²) in [7, 11) is 0. The third-order valence-corrected chi connectivity index (χ3v) is 4.45. The van der Waals surface area contributed by atoms with Gasteiger partial charge in [0.1, 0.15) is 24.1 Å². The first-order valence-corrected chi connectivity index (χ1v) is 8.03. The van der Waals surface area contributed by atoms with Crippen LogP contribution >= 0.6 is 0 Å². The number of amidine groups is 1. The minimum absolute atomic E-state index is 0.384. The Balaban J connectivity index is 1.59. The topological polar surface area (TPSA) is 68.4 Å². The van der Waals surface area contributed by atoms with E-state index in [1.165, 1.54) is 6.33 Å². The molecule has 3 aromatic heterocycles. The van der Waals surface area contributed by atoms with Crippen molar-refractivity contribution in [1.29, 1.82) is 0 Å². The Morgan fingerprint density at radius 3 is 3.00 bits per heavy atom. The largest absolute Gasteiger partial charge is 0.475 e. The summed E-state index contributed by atoms with van der Waals surface area (Å²) in [6.07, 6.45) is 5.47. The van der Waals surface area contributed by atoms with Gasteiger partial charge in [0.05, 0.1) is 18.4 Å². The van der Waals surface area contributed by atoms with Gasteiger partial charge in [-0.1, -0.05) is 0 Å². The van der Waals surface area contributed by atoms with E-state index in [2.05, 4.69) is 61.6 Å². The van der Waals surface area contributed by atoms with Gasteiger partial charge >= 0.3 is 0 Å². The van der Waals surface area contributed by atoms with Crippen molar-refractivity contribution in [2.45, 2.75) is 19.9 Å². The Hall–Kier alpha value is -2.96. The first-order chi connectivity index (χ1) is 11.7. The maximum atomic E-state index is 5.74. The van der Waals surface area contributed by atoms with Crippen LogP contribution in [0, 0.1) is 0 Å². The average molecular weight is 320 g/mol. The lowest BCUT2D eigenvalue weighted by molar-refractivity contribution is 0.319. The SMILES string of the molecule is CC(C)n1ccc2cc(N3CCOc4ncnc5c4C3=N5)cnc21. The van der Waals surface area contributed by atoms with Gasteiger partial charge in [0, 0.05) is 17.6 Å². The molecule has 2 aliphatic rings. The summed E-state index contributed by atoms with van der Waals surface area (Å²) in [6.45, 7) is 5.56. The third-order valence-electron chi connectivity index (χ3n) is 4.45. The van der Waals surface area contributed by atoms with Crippen molar-refractivity contribution in [2.75, 3.05) is 18.1 Å². The Labute approximate surface area is 138 Å². The number of hydrogen-bond donors (Lipinski definition) is 0. The number of pyridine rings is 1. The molecule has 5 heterocycles. The predicted octanol–water partition coefficient (Wildman–Crippen LogP) is 2.70. The highest BCUT2D eigenvalue weighted by Crippen LogP contribution is 2.38. The Bertz CT molecular complexity index is 990. The Morgan fingerprint density at radius 1 is 1.21 bits per heavy atom. The number of aliphatic imine (C=N–C) groups is 1. The monoisotopic (exact) mass is 320 g/mol. The molecular formula is C17H16N6O. The summed E-state index contributed by atoms with van der Waals surface area (Å²) in [4.78, 5) is 19.7. The summed E-state index contributed by atoms with van der Waals surface area (Å²) in [6, 6.07) is 4.64. The molecule has 0 aliphatic carbocycles. The molecule has 0 N–H and O–H groups in total. The van der Waals surface area contributed by atoms with Gasteiger partial charge in [0.2, 0.25) is 5.88 Å². The molecule has 120 valence electrons. The molecule has 5 rings (SSSR count). The van der Waals surface area contributed by atoms with Crippen molar-refractivity contribution < 1.29 is 4.74 Å². The zero-order chi connectivity index (χ0) is 16.3. The fourth-order valence-corrected chi connectivity index (χ4v) is 3.24. The van der Waals surface area contributed by atoms with Crippen LogP contribution in [0.25, 0.3) is 11.0 Å². The quantitative estimate of drug-likeness (QED) is 0.726. The number of fused-ring (bicyclic) bond motifs is 1. The van der Waals surface area contributed by atoms with Gasteiger partial charge in [-0.2, -0.15) is 0 Å². The maximum Gasteiger partial charge on any atom is 0.230 e. The van der Waals surface area contributed by atoms with Crippen molar-refractivity contribution in [3.05, 3.63) is 36.4 Å². The summed E-state index contributed by atoms with van der Waals surface area (Å²) < 4.78 is 7.91. The lowest BCUT2D eigenvalue weighted by Crippen LogP contribution is -2.35. The van der Waals surface area contributed by atoms with Crippen molar-refractivity contribution in [2.24, 2.45) is 4.99 Å². The van der Waals surface area contributed by atoms with Gasteiger partial charge in [-0.25, -0.2) is 19.9 Å². The number of aromatic nitrogens is 4. The van der Waals surface area contributed by atoms with Crippen LogP contribution in [0.2, 0.25) is 0 Å². The first-order valence-electron chi connectivity index (χ1n) is 8.03. The highest BCUT2D eigenvalue weighted by molar-refractivity contribution is 6.20. The molecule has 3 aromatic rings. The maximum absolute atomic E-state index is 5.74. The number of nitrogens with zero attached hydrogens (tertiary/aromatic N) is 6. The van der Waals surface area contributed by atoms with E-state index in [9.17, 15) is 0 Å². The van der Waals surface area contributed by atoms with Crippen LogP contribution in [-0.4, -0.2) is 38.5 Å². The molecular weight excluding hydrogens is 304 g/mol. The summed E-state index contributed by atoms with van der Waals surface area (Å²) in [5, 5.41) is 1.12. The van der Waals surface area contributed by atoms with Gasteiger partial charge in [0.15, 0.2) is 11.7 Å². The van der Waals surface area contributed by atoms with E-state index in [0.29, 0.717) is 30.9 Å². The Kier molecular flexibility index (Phi) is 2.68. The lowest BCUT2D eigenvalue weighted by atomic mass is 10.1. The third kappa shape index (κ3) is 1.78. The van der Waals surface area contributed by atoms with E-state index in [0.717, 1.165) is 28.1 Å². The van der Waals surface area contributed by atoms with Crippen LogP contribution in [0.3, 0.4) is 0 Å². The second-order valence-electron chi connectivity index (χ2n) is 6.24. The molecule has 24 heavy (non-hydrogen) atoms. The zero-order valence-corrected chi connectivity index (χ0v) is 13.5. The van der Waals surface area contributed by atoms with E-state index < -0.39 is 0 Å². The van der Waals surface area contributed by atoms with Crippen molar-refractivity contribution >= 4 is 28.4 Å². The van der Waals surface area contributed by atoms with Crippen LogP contribution in [0.15, 0.2) is 35.8 Å².